The van der Waals surface area contributed by atoms with E-state index in [1.165, 1.54) is 5.39 Å². The molecular formula is C18H13BrN4. The lowest BCUT2D eigenvalue weighted by atomic mass is 10.1. The van der Waals surface area contributed by atoms with Gasteiger partial charge in [0.25, 0.3) is 0 Å². The minimum atomic E-state index is 0.426. The molecule has 5 heteroatoms. The van der Waals surface area contributed by atoms with Gasteiger partial charge < -0.3 is 10.7 Å². The molecule has 0 aliphatic heterocycles. The van der Waals surface area contributed by atoms with Crippen LogP contribution in [-0.4, -0.2) is 15.8 Å². The van der Waals surface area contributed by atoms with Gasteiger partial charge in [-0.15, -0.1) is 0 Å². The van der Waals surface area contributed by atoms with Crippen molar-refractivity contribution in [2.24, 2.45) is 10.7 Å². The SMILES string of the molecule is N/C(=N\c1nc2cc3ccccc3cc2[nH]1)c1cccc(Br)c1. The molecule has 3 N–H and O–H groups in total. The fourth-order valence-corrected chi connectivity index (χ4v) is 2.96. The largest absolute Gasteiger partial charge is 0.383 e. The number of aromatic amines is 1. The summed E-state index contributed by atoms with van der Waals surface area (Å²) in [6.45, 7) is 0. The third-order valence-electron chi connectivity index (χ3n) is 3.68. The number of halogens is 1. The van der Waals surface area contributed by atoms with Gasteiger partial charge in [0, 0.05) is 10.0 Å². The molecule has 0 spiro atoms. The van der Waals surface area contributed by atoms with E-state index in [0.29, 0.717) is 11.8 Å². The molecule has 0 amide bonds. The minimum Gasteiger partial charge on any atom is -0.383 e. The molecule has 0 atom stereocenters. The van der Waals surface area contributed by atoms with Crippen molar-refractivity contribution in [1.29, 1.82) is 0 Å². The molecule has 0 aliphatic rings. The Morgan fingerprint density at radius 3 is 2.57 bits per heavy atom. The van der Waals surface area contributed by atoms with Gasteiger partial charge in [0.1, 0.15) is 5.84 Å². The normalized spacial score (nSPS) is 12.1. The number of nitrogens with zero attached hydrogens (tertiary/aromatic N) is 2. The van der Waals surface area contributed by atoms with Crippen LogP contribution in [0, 0.1) is 0 Å². The van der Waals surface area contributed by atoms with Crippen molar-refractivity contribution in [2.45, 2.75) is 0 Å². The van der Waals surface area contributed by atoms with E-state index in [1.807, 2.05) is 36.4 Å². The van der Waals surface area contributed by atoms with Crippen LogP contribution in [0.5, 0.6) is 0 Å². The van der Waals surface area contributed by atoms with Crippen LogP contribution in [0.1, 0.15) is 5.56 Å². The van der Waals surface area contributed by atoms with Crippen molar-refractivity contribution in [2.75, 3.05) is 0 Å². The summed E-state index contributed by atoms with van der Waals surface area (Å²) in [7, 11) is 0. The molecular weight excluding hydrogens is 352 g/mol. The first-order chi connectivity index (χ1) is 11.2. The van der Waals surface area contributed by atoms with Crippen LogP contribution in [0.2, 0.25) is 0 Å². The molecule has 4 nitrogen and oxygen atoms in total. The fraction of sp³-hybridized carbons (Fsp3) is 0. The Bertz CT molecular complexity index is 997. The molecule has 112 valence electrons. The number of hydrogen-bond acceptors (Lipinski definition) is 2. The van der Waals surface area contributed by atoms with E-state index in [0.717, 1.165) is 26.5 Å². The number of hydrogen-bond donors (Lipinski definition) is 2. The van der Waals surface area contributed by atoms with Gasteiger partial charge in [-0.3, -0.25) is 0 Å². The average molecular weight is 365 g/mol. The maximum absolute atomic E-state index is 6.09. The van der Waals surface area contributed by atoms with Crippen LogP contribution in [0.3, 0.4) is 0 Å². The number of aromatic nitrogens is 2. The highest BCUT2D eigenvalue weighted by molar-refractivity contribution is 9.10. The molecule has 4 rings (SSSR count). The van der Waals surface area contributed by atoms with Gasteiger partial charge in [-0.2, -0.15) is 4.99 Å². The lowest BCUT2D eigenvalue weighted by Gasteiger charge is -1.99. The Morgan fingerprint density at radius 2 is 1.78 bits per heavy atom. The summed E-state index contributed by atoms with van der Waals surface area (Å²) in [6, 6.07) is 20.0. The second-order valence-corrected chi connectivity index (χ2v) is 6.20. The summed E-state index contributed by atoms with van der Waals surface area (Å²) in [5.74, 6) is 0.933. The lowest BCUT2D eigenvalue weighted by molar-refractivity contribution is 1.25. The molecule has 3 aromatic carbocycles. The predicted molar refractivity (Wildman–Crippen MR) is 98.1 cm³/mol. The quantitative estimate of drug-likeness (QED) is 0.405. The first-order valence-corrected chi connectivity index (χ1v) is 7.97. The van der Waals surface area contributed by atoms with E-state index < -0.39 is 0 Å². The zero-order valence-electron chi connectivity index (χ0n) is 12.1. The Morgan fingerprint density at radius 1 is 1.00 bits per heavy atom. The van der Waals surface area contributed by atoms with Crippen LogP contribution in [-0.2, 0) is 0 Å². The molecule has 0 bridgehead atoms. The topological polar surface area (TPSA) is 67.1 Å². The third-order valence-corrected chi connectivity index (χ3v) is 4.18. The van der Waals surface area contributed by atoms with Gasteiger partial charge in [0.05, 0.1) is 11.0 Å². The molecule has 0 fully saturated rings. The highest BCUT2D eigenvalue weighted by Crippen LogP contribution is 2.23. The summed E-state index contributed by atoms with van der Waals surface area (Å²) in [5.41, 5.74) is 8.77. The summed E-state index contributed by atoms with van der Waals surface area (Å²) >= 11 is 3.43. The minimum absolute atomic E-state index is 0.426. The molecule has 0 radical (unpaired) electrons. The first kappa shape index (κ1) is 14.0. The van der Waals surface area contributed by atoms with Crippen molar-refractivity contribution < 1.29 is 0 Å². The fourth-order valence-electron chi connectivity index (χ4n) is 2.56. The number of imidazole rings is 1. The lowest BCUT2D eigenvalue weighted by Crippen LogP contribution is -2.12. The number of rotatable bonds is 2. The molecule has 0 saturated heterocycles. The van der Waals surface area contributed by atoms with E-state index in [9.17, 15) is 0 Å². The first-order valence-electron chi connectivity index (χ1n) is 7.18. The van der Waals surface area contributed by atoms with E-state index in [1.54, 1.807) is 0 Å². The number of fused-ring (bicyclic) bond motifs is 2. The second kappa shape index (κ2) is 5.52. The van der Waals surface area contributed by atoms with Crippen LogP contribution >= 0.6 is 15.9 Å². The number of nitrogens with one attached hydrogen (secondary N) is 1. The summed E-state index contributed by atoms with van der Waals surface area (Å²) < 4.78 is 0.962. The number of amidine groups is 1. The second-order valence-electron chi connectivity index (χ2n) is 5.28. The van der Waals surface area contributed by atoms with Gasteiger partial charge in [-0.05, 0) is 35.0 Å². The van der Waals surface area contributed by atoms with Crippen molar-refractivity contribution in [3.05, 3.63) is 70.7 Å². The molecule has 0 saturated carbocycles. The van der Waals surface area contributed by atoms with Crippen LogP contribution in [0.15, 0.2) is 70.1 Å². The summed E-state index contributed by atoms with van der Waals surface area (Å²) in [6.07, 6.45) is 0. The Kier molecular flexibility index (Phi) is 3.35. The van der Waals surface area contributed by atoms with Gasteiger partial charge in [-0.25, -0.2) is 4.98 Å². The number of nitrogens with two attached hydrogens (primary N) is 1. The number of aliphatic imine (C=N–C) groups is 1. The summed E-state index contributed by atoms with van der Waals surface area (Å²) in [5, 5.41) is 2.32. The molecule has 1 aromatic heterocycles. The maximum atomic E-state index is 6.09. The molecule has 0 aliphatic carbocycles. The zero-order valence-corrected chi connectivity index (χ0v) is 13.7. The maximum Gasteiger partial charge on any atom is 0.229 e. The van der Waals surface area contributed by atoms with E-state index in [2.05, 4.69) is 55.2 Å². The van der Waals surface area contributed by atoms with Gasteiger partial charge >= 0.3 is 0 Å². The monoisotopic (exact) mass is 364 g/mol. The van der Waals surface area contributed by atoms with Crippen molar-refractivity contribution in [1.82, 2.24) is 9.97 Å². The highest BCUT2D eigenvalue weighted by atomic mass is 79.9. The molecule has 23 heavy (non-hydrogen) atoms. The standard InChI is InChI=1S/C18H13BrN4/c19-14-7-3-6-13(8-14)17(20)23-18-21-15-9-11-4-1-2-5-12(11)10-16(15)22-18/h1-10H,(H3,20,21,22,23). The van der Waals surface area contributed by atoms with E-state index >= 15 is 0 Å². The van der Waals surface area contributed by atoms with Crippen LogP contribution < -0.4 is 5.73 Å². The van der Waals surface area contributed by atoms with Gasteiger partial charge in [0.2, 0.25) is 5.95 Å². The number of benzene rings is 3. The summed E-state index contributed by atoms with van der Waals surface area (Å²) in [4.78, 5) is 12.1. The molecule has 1 heterocycles. The predicted octanol–water partition coefficient (Wildman–Crippen LogP) is 4.52. The smallest absolute Gasteiger partial charge is 0.229 e. The van der Waals surface area contributed by atoms with Crippen molar-refractivity contribution in [3.63, 3.8) is 0 Å². The average Bonchev–Trinajstić information content (AvgIpc) is 2.93. The number of H-pyrrole nitrogens is 1. The molecule has 0 unspecified atom stereocenters. The Balaban J connectivity index is 1.79. The third kappa shape index (κ3) is 2.71. The molecule has 4 aromatic rings. The van der Waals surface area contributed by atoms with E-state index in [4.69, 9.17) is 5.73 Å². The van der Waals surface area contributed by atoms with Crippen LogP contribution in [0.4, 0.5) is 5.95 Å². The Hall–Kier alpha value is -2.66. The van der Waals surface area contributed by atoms with Crippen LogP contribution in [0.25, 0.3) is 21.8 Å². The Labute approximate surface area is 141 Å². The zero-order chi connectivity index (χ0) is 15.8. The van der Waals surface area contributed by atoms with E-state index in [-0.39, 0.29) is 0 Å². The highest BCUT2D eigenvalue weighted by Gasteiger charge is 2.05. The van der Waals surface area contributed by atoms with Crippen molar-refractivity contribution >= 4 is 49.5 Å². The van der Waals surface area contributed by atoms with Gasteiger partial charge in [0.15, 0.2) is 0 Å². The van der Waals surface area contributed by atoms with Gasteiger partial charge in [-0.1, -0.05) is 52.3 Å². The van der Waals surface area contributed by atoms with Crippen molar-refractivity contribution in [3.8, 4) is 0 Å².